The molecule has 0 radical (unpaired) electrons. The Balaban J connectivity index is 1.65. The first-order chi connectivity index (χ1) is 14.8. The number of aliphatic hydroxyl groups excluding tert-OH is 1. The van der Waals surface area contributed by atoms with Crippen LogP contribution in [0.15, 0.2) is 59.8 Å². The topological polar surface area (TPSA) is 40.5 Å². The second-order valence-corrected chi connectivity index (χ2v) is 10.5. The molecular formula is C29H44O2. The minimum Gasteiger partial charge on any atom is -0.393 e. The number of rotatable bonds is 7. The van der Waals surface area contributed by atoms with Gasteiger partial charge in [0.25, 0.3) is 0 Å². The van der Waals surface area contributed by atoms with Crippen molar-refractivity contribution >= 4 is 0 Å². The fourth-order valence-corrected chi connectivity index (χ4v) is 6.17. The van der Waals surface area contributed by atoms with Crippen molar-refractivity contribution in [2.45, 2.75) is 103 Å². The summed E-state index contributed by atoms with van der Waals surface area (Å²) in [5.74, 6) is 1.43. The molecule has 3 aliphatic rings. The maximum atomic E-state index is 10.4. The molecule has 0 heterocycles. The standard InChI is InChI=1S/C29H44O2/c1-5-29(31,6-2)20-9-7-8-12-25-16-18-27-23(11-10-19-28(25,27)4)14-15-24-21-26(30)17-13-22(24)3/h7-9,14-15,20,25-27,30-31H,3,5-6,10-13,16-19,21H2,1-2,4H3/b8-7+,20-9+,23-14+,24-15-/t25?,26-,27?,28?/m0/s1. The lowest BCUT2D eigenvalue weighted by Gasteiger charge is -2.42. The molecule has 4 atom stereocenters. The summed E-state index contributed by atoms with van der Waals surface area (Å²) in [7, 11) is 0. The Bertz CT molecular complexity index is 749. The number of hydrogen-bond acceptors (Lipinski definition) is 2. The molecule has 0 aromatic rings. The zero-order valence-electron chi connectivity index (χ0n) is 20.1. The van der Waals surface area contributed by atoms with Crippen LogP contribution in [0.25, 0.3) is 0 Å². The molecule has 3 fully saturated rings. The van der Waals surface area contributed by atoms with Crippen molar-refractivity contribution in [3.05, 3.63) is 59.8 Å². The van der Waals surface area contributed by atoms with Crippen molar-refractivity contribution in [3.8, 4) is 0 Å². The van der Waals surface area contributed by atoms with Crippen LogP contribution in [-0.4, -0.2) is 21.9 Å². The molecule has 3 aliphatic carbocycles. The predicted molar refractivity (Wildman–Crippen MR) is 132 cm³/mol. The first kappa shape index (κ1) is 24.3. The highest BCUT2D eigenvalue weighted by Gasteiger charge is 2.48. The van der Waals surface area contributed by atoms with Gasteiger partial charge in [-0.25, -0.2) is 0 Å². The van der Waals surface area contributed by atoms with E-state index < -0.39 is 5.60 Å². The van der Waals surface area contributed by atoms with Crippen LogP contribution in [0.4, 0.5) is 0 Å². The average molecular weight is 425 g/mol. The van der Waals surface area contributed by atoms with Crippen molar-refractivity contribution in [2.75, 3.05) is 0 Å². The molecule has 2 nitrogen and oxygen atoms in total. The third-order valence-corrected chi connectivity index (χ3v) is 8.65. The van der Waals surface area contributed by atoms with Crippen molar-refractivity contribution in [2.24, 2.45) is 17.3 Å². The van der Waals surface area contributed by atoms with Gasteiger partial charge in [-0.1, -0.05) is 75.0 Å². The zero-order chi connectivity index (χ0) is 22.5. The van der Waals surface area contributed by atoms with Gasteiger partial charge in [-0.3, -0.25) is 0 Å². The van der Waals surface area contributed by atoms with Crippen LogP contribution >= 0.6 is 0 Å². The molecule has 3 saturated carbocycles. The summed E-state index contributed by atoms with van der Waals surface area (Å²) in [5, 5.41) is 20.4. The fourth-order valence-electron chi connectivity index (χ4n) is 6.17. The summed E-state index contributed by atoms with van der Waals surface area (Å²) in [4.78, 5) is 0. The van der Waals surface area contributed by atoms with Gasteiger partial charge in [0, 0.05) is 0 Å². The van der Waals surface area contributed by atoms with E-state index >= 15 is 0 Å². The Kier molecular flexibility index (Phi) is 8.21. The summed E-state index contributed by atoms with van der Waals surface area (Å²) in [6.07, 6.45) is 24.5. The van der Waals surface area contributed by atoms with Gasteiger partial charge in [0.2, 0.25) is 0 Å². The van der Waals surface area contributed by atoms with Crippen LogP contribution in [0.1, 0.15) is 91.4 Å². The fraction of sp³-hybridized carbons (Fsp3) is 0.655. The Labute approximate surface area is 190 Å². The first-order valence-corrected chi connectivity index (χ1v) is 12.6. The summed E-state index contributed by atoms with van der Waals surface area (Å²) in [5.41, 5.74) is 3.82. The van der Waals surface area contributed by atoms with Gasteiger partial charge in [0.15, 0.2) is 0 Å². The Hall–Kier alpha value is -1.38. The van der Waals surface area contributed by atoms with Crippen molar-refractivity contribution in [1.82, 2.24) is 0 Å². The van der Waals surface area contributed by atoms with Crippen molar-refractivity contribution < 1.29 is 10.2 Å². The van der Waals surface area contributed by atoms with E-state index in [1.165, 1.54) is 43.3 Å². The lowest BCUT2D eigenvalue weighted by molar-refractivity contribution is 0.0828. The number of aliphatic hydroxyl groups is 2. The molecule has 0 spiro atoms. The van der Waals surface area contributed by atoms with Gasteiger partial charge in [0.1, 0.15) is 0 Å². The van der Waals surface area contributed by atoms with Gasteiger partial charge in [-0.05, 0) is 93.5 Å². The third-order valence-electron chi connectivity index (χ3n) is 8.65. The van der Waals surface area contributed by atoms with Crippen LogP contribution in [0, 0.1) is 17.3 Å². The highest BCUT2D eigenvalue weighted by atomic mass is 16.3. The highest BCUT2D eigenvalue weighted by molar-refractivity contribution is 5.36. The van der Waals surface area contributed by atoms with E-state index in [4.69, 9.17) is 0 Å². The molecular weight excluding hydrogens is 380 g/mol. The second-order valence-electron chi connectivity index (χ2n) is 10.5. The molecule has 2 N–H and O–H groups in total. The van der Waals surface area contributed by atoms with Crippen LogP contribution in [0.5, 0.6) is 0 Å². The smallest absolute Gasteiger partial charge is 0.0825 e. The molecule has 0 aliphatic heterocycles. The molecule has 0 saturated heterocycles. The van der Waals surface area contributed by atoms with E-state index in [-0.39, 0.29) is 6.10 Å². The second kappa shape index (κ2) is 10.5. The molecule has 3 unspecified atom stereocenters. The number of allylic oxidation sites excluding steroid dienone is 7. The Morgan fingerprint density at radius 3 is 2.61 bits per heavy atom. The number of hydrogen-bond donors (Lipinski definition) is 2. The quantitative estimate of drug-likeness (QED) is 0.424. The van der Waals surface area contributed by atoms with E-state index in [9.17, 15) is 10.2 Å². The summed E-state index contributed by atoms with van der Waals surface area (Å²) in [6.45, 7) is 10.8. The summed E-state index contributed by atoms with van der Waals surface area (Å²) >= 11 is 0. The van der Waals surface area contributed by atoms with Crippen LogP contribution in [0.2, 0.25) is 0 Å². The predicted octanol–water partition coefficient (Wildman–Crippen LogP) is 7.21. The van der Waals surface area contributed by atoms with Gasteiger partial charge >= 0.3 is 0 Å². The van der Waals surface area contributed by atoms with Crippen molar-refractivity contribution in [1.29, 1.82) is 0 Å². The highest BCUT2D eigenvalue weighted by Crippen LogP contribution is 2.58. The maximum Gasteiger partial charge on any atom is 0.0825 e. The van der Waals surface area contributed by atoms with Crippen LogP contribution in [0.3, 0.4) is 0 Å². The lowest BCUT2D eigenvalue weighted by Crippen LogP contribution is -2.33. The van der Waals surface area contributed by atoms with E-state index in [1.54, 1.807) is 5.57 Å². The van der Waals surface area contributed by atoms with Crippen LogP contribution in [-0.2, 0) is 0 Å². The molecule has 0 amide bonds. The molecule has 0 aromatic carbocycles. The van der Waals surface area contributed by atoms with Crippen molar-refractivity contribution in [3.63, 3.8) is 0 Å². The largest absolute Gasteiger partial charge is 0.393 e. The maximum absolute atomic E-state index is 10.4. The summed E-state index contributed by atoms with van der Waals surface area (Å²) in [6, 6.07) is 0. The molecule has 172 valence electrons. The molecule has 31 heavy (non-hydrogen) atoms. The molecule has 3 rings (SSSR count). The summed E-state index contributed by atoms with van der Waals surface area (Å²) < 4.78 is 0. The van der Waals surface area contributed by atoms with Crippen LogP contribution < -0.4 is 0 Å². The Morgan fingerprint density at radius 1 is 1.10 bits per heavy atom. The van der Waals surface area contributed by atoms with Gasteiger partial charge in [0.05, 0.1) is 11.7 Å². The molecule has 2 heteroatoms. The third kappa shape index (κ3) is 5.71. The van der Waals surface area contributed by atoms with E-state index in [2.05, 4.69) is 37.8 Å². The number of fused-ring (bicyclic) bond motifs is 1. The first-order valence-electron chi connectivity index (χ1n) is 12.6. The van der Waals surface area contributed by atoms with Gasteiger partial charge in [-0.2, -0.15) is 0 Å². The van der Waals surface area contributed by atoms with Gasteiger partial charge < -0.3 is 10.2 Å². The van der Waals surface area contributed by atoms with Gasteiger partial charge in [-0.15, -0.1) is 0 Å². The van der Waals surface area contributed by atoms with E-state index in [1.807, 2.05) is 26.0 Å². The normalized spacial score (nSPS) is 35.0. The average Bonchev–Trinajstić information content (AvgIpc) is 3.10. The minimum atomic E-state index is -0.661. The monoisotopic (exact) mass is 424 g/mol. The SMILES string of the molecule is C=C1CC[C@H](O)C/C1=C/C=C1\CCCC2(C)C(C/C=C/C=C/C(O)(CC)CC)CCC12. The lowest BCUT2D eigenvalue weighted by atomic mass is 9.63. The van der Waals surface area contributed by atoms with E-state index in [0.717, 1.165) is 44.4 Å². The zero-order valence-corrected chi connectivity index (χ0v) is 20.1. The molecule has 0 bridgehead atoms. The van der Waals surface area contributed by atoms with E-state index in [0.29, 0.717) is 11.3 Å². The minimum absolute atomic E-state index is 0.200. The molecule has 0 aromatic heterocycles. The Morgan fingerprint density at radius 2 is 1.87 bits per heavy atom.